The van der Waals surface area contributed by atoms with Crippen molar-refractivity contribution in [3.05, 3.63) is 48.0 Å². The van der Waals surface area contributed by atoms with Crippen LogP contribution in [-0.4, -0.2) is 36.4 Å². The zero-order valence-corrected chi connectivity index (χ0v) is 13.5. The second-order valence-electron chi connectivity index (χ2n) is 5.61. The summed E-state index contributed by atoms with van der Waals surface area (Å²) in [6.07, 6.45) is 0. The largest absolute Gasteiger partial charge is 0.497 e. The number of fused-ring (bicyclic) bond motifs is 2. The highest BCUT2D eigenvalue weighted by Gasteiger charge is 2.19. The van der Waals surface area contributed by atoms with Crippen LogP contribution in [0.25, 0.3) is 22.2 Å². The maximum Gasteiger partial charge on any atom is 0.336 e. The number of pyridine rings is 1. The number of benzene rings is 2. The van der Waals surface area contributed by atoms with Crippen LogP contribution in [0.5, 0.6) is 17.2 Å². The van der Waals surface area contributed by atoms with Crippen LogP contribution in [0.2, 0.25) is 0 Å². The summed E-state index contributed by atoms with van der Waals surface area (Å²) in [5.74, 6) is 0.772. The first-order valence-electron chi connectivity index (χ1n) is 7.78. The van der Waals surface area contributed by atoms with Gasteiger partial charge in [0.15, 0.2) is 11.5 Å². The highest BCUT2D eigenvalue weighted by Crippen LogP contribution is 2.36. The van der Waals surface area contributed by atoms with E-state index in [9.17, 15) is 9.90 Å². The van der Waals surface area contributed by atoms with Gasteiger partial charge >= 0.3 is 5.97 Å². The Morgan fingerprint density at radius 2 is 1.88 bits per heavy atom. The van der Waals surface area contributed by atoms with Crippen LogP contribution < -0.4 is 14.2 Å². The minimum Gasteiger partial charge on any atom is -0.497 e. The van der Waals surface area contributed by atoms with Crippen molar-refractivity contribution in [2.75, 3.05) is 20.3 Å². The molecule has 126 valence electrons. The summed E-state index contributed by atoms with van der Waals surface area (Å²) >= 11 is 0. The number of ether oxygens (including phenoxy) is 3. The third-order valence-electron chi connectivity index (χ3n) is 4.07. The lowest BCUT2D eigenvalue weighted by atomic mass is 10.0. The first kappa shape index (κ1) is 15.3. The van der Waals surface area contributed by atoms with Gasteiger partial charge in [-0.1, -0.05) is 12.1 Å². The second-order valence-corrected chi connectivity index (χ2v) is 5.61. The molecule has 2 aromatic carbocycles. The Hall–Kier alpha value is -3.28. The number of carboxylic acid groups (broad SMARTS) is 1. The van der Waals surface area contributed by atoms with Gasteiger partial charge in [-0.25, -0.2) is 9.78 Å². The summed E-state index contributed by atoms with van der Waals surface area (Å²) in [6.45, 7) is 0.899. The van der Waals surface area contributed by atoms with Gasteiger partial charge in [0.05, 0.1) is 23.9 Å². The summed E-state index contributed by atoms with van der Waals surface area (Å²) in [5.41, 5.74) is 2.04. The molecule has 3 aromatic rings. The number of hydrogen-bond acceptors (Lipinski definition) is 5. The van der Waals surface area contributed by atoms with Gasteiger partial charge in [-0.05, 0) is 24.3 Å². The zero-order valence-electron chi connectivity index (χ0n) is 13.5. The number of carbonyl (C=O) groups is 1. The molecule has 0 spiro atoms. The number of hydrogen-bond donors (Lipinski definition) is 1. The maximum absolute atomic E-state index is 11.8. The van der Waals surface area contributed by atoms with E-state index in [1.54, 1.807) is 25.3 Å². The highest BCUT2D eigenvalue weighted by atomic mass is 16.6. The van der Waals surface area contributed by atoms with E-state index >= 15 is 0 Å². The van der Waals surface area contributed by atoms with E-state index in [0.29, 0.717) is 47.1 Å². The van der Waals surface area contributed by atoms with Gasteiger partial charge < -0.3 is 19.3 Å². The second kappa shape index (κ2) is 5.98. The minimum absolute atomic E-state index is 0.166. The predicted octanol–water partition coefficient (Wildman–Crippen LogP) is 3.38. The van der Waals surface area contributed by atoms with Gasteiger partial charge in [0, 0.05) is 17.0 Å². The van der Waals surface area contributed by atoms with Crippen molar-refractivity contribution in [1.29, 1.82) is 0 Å². The molecule has 1 aliphatic rings. The van der Waals surface area contributed by atoms with Crippen molar-refractivity contribution >= 4 is 16.9 Å². The van der Waals surface area contributed by atoms with Crippen LogP contribution in [-0.2, 0) is 0 Å². The van der Waals surface area contributed by atoms with Crippen LogP contribution in [0, 0.1) is 0 Å². The third-order valence-corrected chi connectivity index (χ3v) is 4.07. The van der Waals surface area contributed by atoms with Crippen molar-refractivity contribution in [2.45, 2.75) is 0 Å². The zero-order chi connectivity index (χ0) is 17.4. The Labute approximate surface area is 143 Å². The van der Waals surface area contributed by atoms with Crippen molar-refractivity contribution in [1.82, 2.24) is 4.98 Å². The summed E-state index contributed by atoms with van der Waals surface area (Å²) in [4.78, 5) is 16.4. The molecule has 0 bridgehead atoms. The normalized spacial score (nSPS) is 12.8. The molecule has 1 aromatic heterocycles. The molecule has 4 rings (SSSR count). The first-order valence-corrected chi connectivity index (χ1v) is 7.78. The first-order chi connectivity index (χ1) is 12.2. The Kier molecular flexibility index (Phi) is 3.65. The van der Waals surface area contributed by atoms with Crippen molar-refractivity contribution in [2.24, 2.45) is 0 Å². The van der Waals surface area contributed by atoms with Gasteiger partial charge in [0.25, 0.3) is 0 Å². The van der Waals surface area contributed by atoms with Crippen LogP contribution in [0.4, 0.5) is 0 Å². The monoisotopic (exact) mass is 337 g/mol. The molecule has 0 amide bonds. The molecule has 0 fully saturated rings. The van der Waals surface area contributed by atoms with E-state index in [1.807, 2.05) is 24.3 Å². The standard InChI is InChI=1S/C19H15NO5/c1-23-12-4-2-3-11(7-12)15-8-14(19(21)22)13-9-17-18(10-16(13)20-15)25-6-5-24-17/h2-4,7-10H,5-6H2,1H3,(H,21,22). The summed E-state index contributed by atoms with van der Waals surface area (Å²) < 4.78 is 16.4. The van der Waals surface area contributed by atoms with Crippen LogP contribution in [0.3, 0.4) is 0 Å². The topological polar surface area (TPSA) is 77.9 Å². The Morgan fingerprint density at radius 1 is 1.12 bits per heavy atom. The lowest BCUT2D eigenvalue weighted by molar-refractivity contribution is 0.0699. The number of carboxylic acids is 1. The summed E-state index contributed by atoms with van der Waals surface area (Å²) in [6, 6.07) is 12.3. The molecule has 0 atom stereocenters. The highest BCUT2D eigenvalue weighted by molar-refractivity contribution is 6.04. The number of methoxy groups -OCH3 is 1. The molecule has 25 heavy (non-hydrogen) atoms. The van der Waals surface area contributed by atoms with E-state index in [1.165, 1.54) is 0 Å². The van der Waals surface area contributed by atoms with Gasteiger partial charge in [0.1, 0.15) is 19.0 Å². The smallest absolute Gasteiger partial charge is 0.336 e. The fraction of sp³-hybridized carbons (Fsp3) is 0.158. The van der Waals surface area contributed by atoms with E-state index in [4.69, 9.17) is 14.2 Å². The molecular formula is C19H15NO5. The fourth-order valence-electron chi connectivity index (χ4n) is 2.87. The lowest BCUT2D eigenvalue weighted by Crippen LogP contribution is -2.15. The predicted molar refractivity (Wildman–Crippen MR) is 91.7 cm³/mol. The average Bonchev–Trinajstić information content (AvgIpc) is 2.65. The summed E-state index contributed by atoms with van der Waals surface area (Å²) in [7, 11) is 1.58. The number of rotatable bonds is 3. The average molecular weight is 337 g/mol. The van der Waals surface area contributed by atoms with Gasteiger partial charge in [-0.2, -0.15) is 0 Å². The van der Waals surface area contributed by atoms with Crippen LogP contribution in [0.1, 0.15) is 10.4 Å². The molecule has 0 unspecified atom stereocenters. The van der Waals surface area contributed by atoms with Crippen LogP contribution in [0.15, 0.2) is 42.5 Å². The quantitative estimate of drug-likeness (QED) is 0.789. The van der Waals surface area contributed by atoms with Gasteiger partial charge in [-0.15, -0.1) is 0 Å². The SMILES string of the molecule is COc1cccc(-c2cc(C(=O)O)c3cc4c(cc3n2)OCCO4)c1. The summed E-state index contributed by atoms with van der Waals surface area (Å²) in [5, 5.41) is 10.2. The molecule has 0 saturated heterocycles. The van der Waals surface area contributed by atoms with Crippen LogP contribution >= 0.6 is 0 Å². The minimum atomic E-state index is -1.02. The molecule has 6 heteroatoms. The van der Waals surface area contributed by atoms with Gasteiger partial charge in [-0.3, -0.25) is 0 Å². The maximum atomic E-state index is 11.8. The Morgan fingerprint density at radius 3 is 2.60 bits per heavy atom. The molecule has 2 heterocycles. The third kappa shape index (κ3) is 2.71. The molecule has 0 saturated carbocycles. The number of aromatic carboxylic acids is 1. The van der Waals surface area contributed by atoms with E-state index < -0.39 is 5.97 Å². The Bertz CT molecular complexity index is 983. The molecule has 0 radical (unpaired) electrons. The lowest BCUT2D eigenvalue weighted by Gasteiger charge is -2.19. The number of aromatic nitrogens is 1. The van der Waals surface area contributed by atoms with Gasteiger partial charge in [0.2, 0.25) is 0 Å². The Balaban J connectivity index is 1.95. The number of nitrogens with zero attached hydrogens (tertiary/aromatic N) is 1. The molecule has 1 N–H and O–H groups in total. The molecule has 1 aliphatic heterocycles. The molecule has 6 nitrogen and oxygen atoms in total. The van der Waals surface area contributed by atoms with E-state index in [-0.39, 0.29) is 5.56 Å². The molecular weight excluding hydrogens is 322 g/mol. The van der Waals surface area contributed by atoms with Crippen molar-refractivity contribution in [3.8, 4) is 28.5 Å². The van der Waals surface area contributed by atoms with E-state index in [2.05, 4.69) is 4.98 Å². The van der Waals surface area contributed by atoms with Crippen molar-refractivity contribution in [3.63, 3.8) is 0 Å². The molecule has 0 aliphatic carbocycles. The van der Waals surface area contributed by atoms with Crippen molar-refractivity contribution < 1.29 is 24.1 Å². The fourth-order valence-corrected chi connectivity index (χ4v) is 2.87. The van der Waals surface area contributed by atoms with E-state index in [0.717, 1.165) is 5.56 Å².